The molecule has 164 valence electrons. The Morgan fingerprint density at radius 1 is 0.968 bits per heavy atom. The molecule has 0 radical (unpaired) electrons. The highest BCUT2D eigenvalue weighted by Gasteiger charge is 2.28. The average molecular weight is 423 g/mol. The highest BCUT2D eigenvalue weighted by atomic mass is 16.5. The Labute approximate surface area is 183 Å². The fourth-order valence-corrected chi connectivity index (χ4v) is 4.34. The van der Waals surface area contributed by atoms with Crippen LogP contribution in [-0.4, -0.2) is 32.0 Å². The van der Waals surface area contributed by atoms with Gasteiger partial charge in [-0.2, -0.15) is 0 Å². The van der Waals surface area contributed by atoms with E-state index < -0.39 is 0 Å². The summed E-state index contributed by atoms with van der Waals surface area (Å²) in [6.45, 7) is 7.85. The van der Waals surface area contributed by atoms with Crippen LogP contribution >= 0.6 is 0 Å². The zero-order valence-electron chi connectivity index (χ0n) is 18.8. The van der Waals surface area contributed by atoms with Crippen molar-refractivity contribution < 1.29 is 18.9 Å². The number of ether oxygens (including phenoxy) is 4. The quantitative estimate of drug-likeness (QED) is 0.593. The topological polar surface area (TPSA) is 53.9 Å². The molecule has 4 rings (SSSR count). The van der Waals surface area contributed by atoms with Gasteiger partial charge in [0.05, 0.1) is 39.2 Å². The van der Waals surface area contributed by atoms with Crippen molar-refractivity contribution in [3.8, 4) is 28.7 Å². The largest absolute Gasteiger partial charge is 0.496 e. The third-order valence-electron chi connectivity index (χ3n) is 5.70. The third kappa shape index (κ3) is 3.72. The Balaban J connectivity index is 1.84. The number of aromatic nitrogens is 1. The van der Waals surface area contributed by atoms with Gasteiger partial charge in [-0.25, -0.2) is 0 Å². The maximum Gasteiger partial charge on any atom is 0.163 e. The first-order valence-corrected chi connectivity index (χ1v) is 10.7. The normalized spacial score (nSPS) is 14.9. The minimum Gasteiger partial charge on any atom is -0.496 e. The lowest BCUT2D eigenvalue weighted by Gasteiger charge is -2.22. The molecule has 0 amide bonds. The van der Waals surface area contributed by atoms with Gasteiger partial charge in [0, 0.05) is 35.6 Å². The molecule has 1 aliphatic heterocycles. The van der Waals surface area contributed by atoms with Gasteiger partial charge in [0.2, 0.25) is 0 Å². The maximum absolute atomic E-state index is 5.88. The molecular weight excluding hydrogens is 392 g/mol. The minimum atomic E-state index is -0.0481. The van der Waals surface area contributed by atoms with E-state index in [-0.39, 0.29) is 6.04 Å². The standard InChI is InChI=1S/C25H30N2O4/c1-6-30-22-13-17-15-26-24(18-10-11-21(28-4)16(3)25(18)29-5)19-9-8-12-27(19)20(17)14-23(22)31-7-2/h8-14,24,26H,6-7,15H2,1-5H3/t24-/m0/s1. The Bertz CT molecular complexity index is 1070. The first-order chi connectivity index (χ1) is 15.1. The molecule has 0 saturated heterocycles. The monoisotopic (exact) mass is 422 g/mol. The molecule has 6 nitrogen and oxygen atoms in total. The van der Waals surface area contributed by atoms with Gasteiger partial charge in [0.15, 0.2) is 11.5 Å². The van der Waals surface area contributed by atoms with Crippen molar-refractivity contribution >= 4 is 0 Å². The molecule has 0 unspecified atom stereocenters. The molecule has 6 heteroatoms. The van der Waals surface area contributed by atoms with E-state index in [9.17, 15) is 0 Å². The number of methoxy groups -OCH3 is 2. The van der Waals surface area contributed by atoms with Crippen molar-refractivity contribution in [2.75, 3.05) is 27.4 Å². The van der Waals surface area contributed by atoms with Crippen LogP contribution in [0.4, 0.5) is 0 Å². The lowest BCUT2D eigenvalue weighted by atomic mass is 9.99. The number of hydrogen-bond donors (Lipinski definition) is 1. The van der Waals surface area contributed by atoms with E-state index >= 15 is 0 Å². The summed E-state index contributed by atoms with van der Waals surface area (Å²) < 4.78 is 25.3. The lowest BCUT2D eigenvalue weighted by Crippen LogP contribution is -2.22. The van der Waals surface area contributed by atoms with Crippen LogP contribution in [0, 0.1) is 6.92 Å². The van der Waals surface area contributed by atoms with Gasteiger partial charge in [0.25, 0.3) is 0 Å². The molecule has 0 spiro atoms. The Morgan fingerprint density at radius 3 is 2.39 bits per heavy atom. The fourth-order valence-electron chi connectivity index (χ4n) is 4.34. The van der Waals surface area contributed by atoms with Crippen molar-refractivity contribution in [1.29, 1.82) is 0 Å². The van der Waals surface area contributed by atoms with Gasteiger partial charge in [-0.1, -0.05) is 0 Å². The van der Waals surface area contributed by atoms with Crippen LogP contribution in [-0.2, 0) is 6.54 Å². The summed E-state index contributed by atoms with van der Waals surface area (Å²) in [4.78, 5) is 0. The predicted octanol–water partition coefficient (Wildman–Crippen LogP) is 4.79. The van der Waals surface area contributed by atoms with E-state index in [1.807, 2.05) is 26.8 Å². The first-order valence-electron chi connectivity index (χ1n) is 10.7. The van der Waals surface area contributed by atoms with E-state index in [1.54, 1.807) is 14.2 Å². The van der Waals surface area contributed by atoms with Crippen LogP contribution in [0.1, 0.15) is 42.3 Å². The Kier molecular flexibility index (Phi) is 6.09. The highest BCUT2D eigenvalue weighted by Crippen LogP contribution is 2.41. The van der Waals surface area contributed by atoms with E-state index in [2.05, 4.69) is 46.4 Å². The summed E-state index contributed by atoms with van der Waals surface area (Å²) >= 11 is 0. The fraction of sp³-hybridized carbons (Fsp3) is 0.360. The van der Waals surface area contributed by atoms with Crippen molar-refractivity contribution in [2.24, 2.45) is 0 Å². The van der Waals surface area contributed by atoms with Crippen molar-refractivity contribution in [3.63, 3.8) is 0 Å². The zero-order valence-corrected chi connectivity index (χ0v) is 18.8. The van der Waals surface area contributed by atoms with E-state index in [4.69, 9.17) is 18.9 Å². The molecule has 1 N–H and O–H groups in total. The molecule has 2 aromatic carbocycles. The van der Waals surface area contributed by atoms with Crippen LogP contribution in [0.3, 0.4) is 0 Å². The minimum absolute atomic E-state index is 0.0481. The molecular formula is C25H30N2O4. The molecule has 1 aliphatic rings. The molecule has 31 heavy (non-hydrogen) atoms. The van der Waals surface area contributed by atoms with Crippen molar-refractivity contribution in [2.45, 2.75) is 33.4 Å². The summed E-state index contributed by atoms with van der Waals surface area (Å²) in [6.07, 6.45) is 2.09. The van der Waals surface area contributed by atoms with Crippen molar-refractivity contribution in [1.82, 2.24) is 9.88 Å². The van der Waals surface area contributed by atoms with Crippen LogP contribution in [0.25, 0.3) is 5.69 Å². The van der Waals surface area contributed by atoms with Gasteiger partial charge in [0.1, 0.15) is 11.5 Å². The summed E-state index contributed by atoms with van der Waals surface area (Å²) in [5.74, 6) is 3.19. The summed E-state index contributed by atoms with van der Waals surface area (Å²) in [7, 11) is 3.39. The van der Waals surface area contributed by atoms with Crippen LogP contribution in [0.15, 0.2) is 42.6 Å². The number of nitrogens with zero attached hydrogens (tertiary/aromatic N) is 1. The molecule has 0 saturated carbocycles. The summed E-state index contributed by atoms with van der Waals surface area (Å²) in [5, 5.41) is 3.72. The molecule has 0 aliphatic carbocycles. The number of rotatable bonds is 7. The molecule has 1 aromatic heterocycles. The van der Waals surface area contributed by atoms with E-state index in [0.717, 1.165) is 51.1 Å². The smallest absolute Gasteiger partial charge is 0.163 e. The lowest BCUT2D eigenvalue weighted by molar-refractivity contribution is 0.287. The first kappa shape index (κ1) is 21.1. The van der Waals surface area contributed by atoms with Gasteiger partial charge < -0.3 is 28.8 Å². The molecule has 1 atom stereocenters. The van der Waals surface area contributed by atoms with Crippen LogP contribution in [0.2, 0.25) is 0 Å². The molecule has 0 fully saturated rings. The molecule has 2 heterocycles. The van der Waals surface area contributed by atoms with Crippen LogP contribution < -0.4 is 24.3 Å². The zero-order chi connectivity index (χ0) is 22.0. The Hall–Kier alpha value is -3.12. The number of hydrogen-bond acceptors (Lipinski definition) is 5. The summed E-state index contributed by atoms with van der Waals surface area (Å²) in [6, 6.07) is 12.4. The average Bonchev–Trinajstić information content (AvgIpc) is 3.20. The second-order valence-electron chi connectivity index (χ2n) is 7.43. The van der Waals surface area contributed by atoms with Gasteiger partial charge in [-0.3, -0.25) is 0 Å². The number of benzene rings is 2. The van der Waals surface area contributed by atoms with Gasteiger partial charge in [-0.15, -0.1) is 0 Å². The van der Waals surface area contributed by atoms with Gasteiger partial charge >= 0.3 is 0 Å². The third-order valence-corrected chi connectivity index (χ3v) is 5.70. The van der Waals surface area contributed by atoms with E-state index in [1.165, 1.54) is 0 Å². The van der Waals surface area contributed by atoms with Crippen LogP contribution in [0.5, 0.6) is 23.0 Å². The summed E-state index contributed by atoms with van der Waals surface area (Å²) in [5.41, 5.74) is 5.43. The maximum atomic E-state index is 5.88. The second kappa shape index (κ2) is 8.94. The second-order valence-corrected chi connectivity index (χ2v) is 7.43. The number of nitrogens with one attached hydrogen (secondary N) is 1. The Morgan fingerprint density at radius 2 is 1.71 bits per heavy atom. The van der Waals surface area contributed by atoms with E-state index in [0.29, 0.717) is 19.8 Å². The highest BCUT2D eigenvalue weighted by molar-refractivity contribution is 5.58. The molecule has 0 bridgehead atoms. The number of fused-ring (bicyclic) bond motifs is 3. The van der Waals surface area contributed by atoms with Gasteiger partial charge in [-0.05, 0) is 56.7 Å². The van der Waals surface area contributed by atoms with Crippen molar-refractivity contribution in [3.05, 3.63) is 65.0 Å². The SMILES string of the molecule is CCOc1cc2c(cc1OCC)-n1cccc1[C@H](c1ccc(OC)c(C)c1OC)NC2. The predicted molar refractivity (Wildman–Crippen MR) is 121 cm³/mol. The molecule has 3 aromatic rings.